The van der Waals surface area contributed by atoms with Crippen LogP contribution in [0, 0.1) is 18.7 Å². The summed E-state index contributed by atoms with van der Waals surface area (Å²) < 4.78 is 13.9. The summed E-state index contributed by atoms with van der Waals surface area (Å²) in [5.41, 5.74) is 2.28. The smallest absolute Gasteiger partial charge is 0.149 e. The summed E-state index contributed by atoms with van der Waals surface area (Å²) in [5.74, 6) is 0.0393. The van der Waals surface area contributed by atoms with Gasteiger partial charge in [0.2, 0.25) is 0 Å². The summed E-state index contributed by atoms with van der Waals surface area (Å²) in [6, 6.07) is 7.07. The largest absolute Gasteiger partial charge is 0.396 e. The first-order valence-electron chi connectivity index (χ1n) is 6.60. The summed E-state index contributed by atoms with van der Waals surface area (Å²) in [4.78, 5) is 6.51. The van der Waals surface area contributed by atoms with Gasteiger partial charge in [0.1, 0.15) is 11.3 Å². The highest BCUT2D eigenvalue weighted by molar-refractivity contribution is 5.92. The van der Waals surface area contributed by atoms with Crippen LogP contribution in [0.25, 0.3) is 10.9 Å². The van der Waals surface area contributed by atoms with E-state index in [1.807, 2.05) is 19.1 Å². The van der Waals surface area contributed by atoms with Crippen LogP contribution in [0.3, 0.4) is 0 Å². The second-order valence-corrected chi connectivity index (χ2v) is 5.20. The van der Waals surface area contributed by atoms with Gasteiger partial charge in [-0.15, -0.1) is 0 Å². The molecular weight excluding hydrogens is 243 g/mol. The maximum absolute atomic E-state index is 13.9. The summed E-state index contributed by atoms with van der Waals surface area (Å²) in [5, 5.41) is 10.1. The Kier molecular flexibility index (Phi) is 3.11. The monoisotopic (exact) mass is 260 g/mol. The van der Waals surface area contributed by atoms with Crippen molar-refractivity contribution in [3.63, 3.8) is 0 Å². The van der Waals surface area contributed by atoms with E-state index in [1.165, 1.54) is 6.07 Å². The molecule has 2 heterocycles. The lowest BCUT2D eigenvalue weighted by molar-refractivity contribution is 0.238. The van der Waals surface area contributed by atoms with Crippen molar-refractivity contribution in [3.05, 3.63) is 35.8 Å². The van der Waals surface area contributed by atoms with Crippen LogP contribution in [0.4, 0.5) is 10.1 Å². The number of aliphatic hydroxyl groups excluding tert-OH is 1. The molecule has 1 fully saturated rings. The number of hydrogen-bond acceptors (Lipinski definition) is 3. The van der Waals surface area contributed by atoms with Crippen molar-refractivity contribution in [2.45, 2.75) is 13.3 Å². The molecule has 1 aliphatic heterocycles. The molecule has 1 aromatic heterocycles. The molecule has 3 rings (SSSR count). The van der Waals surface area contributed by atoms with Gasteiger partial charge in [0.25, 0.3) is 0 Å². The molecule has 0 spiro atoms. The highest BCUT2D eigenvalue weighted by atomic mass is 19.1. The third-order valence-electron chi connectivity index (χ3n) is 3.78. The van der Waals surface area contributed by atoms with E-state index in [0.29, 0.717) is 11.4 Å². The number of fused-ring (bicyclic) bond motifs is 1. The number of aryl methyl sites for hydroxylation is 1. The van der Waals surface area contributed by atoms with Crippen molar-refractivity contribution in [3.8, 4) is 0 Å². The molecule has 1 saturated heterocycles. The van der Waals surface area contributed by atoms with Crippen LogP contribution in [-0.4, -0.2) is 29.8 Å². The number of pyridine rings is 1. The zero-order chi connectivity index (χ0) is 13.4. The van der Waals surface area contributed by atoms with Gasteiger partial charge in [0, 0.05) is 42.4 Å². The molecule has 100 valence electrons. The molecule has 0 aliphatic carbocycles. The lowest BCUT2D eigenvalue weighted by Crippen LogP contribution is -2.21. The van der Waals surface area contributed by atoms with Gasteiger partial charge in [-0.1, -0.05) is 12.1 Å². The number of benzene rings is 1. The van der Waals surface area contributed by atoms with Crippen molar-refractivity contribution in [2.24, 2.45) is 5.92 Å². The fraction of sp³-hybridized carbons (Fsp3) is 0.400. The molecule has 1 aromatic carbocycles. The Hall–Kier alpha value is -1.68. The summed E-state index contributed by atoms with van der Waals surface area (Å²) in [6.45, 7) is 3.83. The minimum Gasteiger partial charge on any atom is -0.396 e. The average Bonchev–Trinajstić information content (AvgIpc) is 2.88. The number of aliphatic hydroxyl groups is 1. The Balaban J connectivity index is 2.11. The van der Waals surface area contributed by atoms with E-state index >= 15 is 0 Å². The Morgan fingerprint density at radius 3 is 3.05 bits per heavy atom. The number of para-hydroxylation sites is 1. The molecule has 3 nitrogen and oxygen atoms in total. The Morgan fingerprint density at radius 1 is 1.47 bits per heavy atom. The predicted molar refractivity (Wildman–Crippen MR) is 73.8 cm³/mol. The highest BCUT2D eigenvalue weighted by Crippen LogP contribution is 2.31. The molecule has 4 heteroatoms. The molecule has 19 heavy (non-hydrogen) atoms. The molecule has 1 unspecified atom stereocenters. The second-order valence-electron chi connectivity index (χ2n) is 5.20. The first-order chi connectivity index (χ1) is 9.19. The van der Waals surface area contributed by atoms with Crippen LogP contribution in [-0.2, 0) is 0 Å². The van der Waals surface area contributed by atoms with Gasteiger partial charge in [-0.3, -0.25) is 0 Å². The van der Waals surface area contributed by atoms with Gasteiger partial charge < -0.3 is 10.0 Å². The molecule has 0 bridgehead atoms. The van der Waals surface area contributed by atoms with Crippen molar-refractivity contribution >= 4 is 16.6 Å². The molecule has 1 N–H and O–H groups in total. The van der Waals surface area contributed by atoms with Gasteiger partial charge in [-0.05, 0) is 25.5 Å². The maximum atomic E-state index is 13.9. The van der Waals surface area contributed by atoms with Gasteiger partial charge in [0.05, 0.1) is 0 Å². The normalized spacial score (nSPS) is 19.3. The third kappa shape index (κ3) is 2.16. The standard InChI is InChI=1S/C15H17FN2O/c1-10-7-14(18-6-5-11(8-18)9-19)12-3-2-4-13(16)15(12)17-10/h2-4,7,11,19H,5-6,8-9H2,1H3. The molecule has 0 radical (unpaired) electrons. The summed E-state index contributed by atoms with van der Waals surface area (Å²) in [6.07, 6.45) is 0.981. The van der Waals surface area contributed by atoms with E-state index in [4.69, 9.17) is 0 Å². The van der Waals surface area contributed by atoms with Crippen LogP contribution in [0.2, 0.25) is 0 Å². The van der Waals surface area contributed by atoms with Crippen LogP contribution in [0.1, 0.15) is 12.1 Å². The van der Waals surface area contributed by atoms with Crippen molar-refractivity contribution in [1.82, 2.24) is 4.98 Å². The van der Waals surface area contributed by atoms with Crippen molar-refractivity contribution in [2.75, 3.05) is 24.6 Å². The van der Waals surface area contributed by atoms with Crippen LogP contribution in [0.5, 0.6) is 0 Å². The van der Waals surface area contributed by atoms with Gasteiger partial charge in [-0.25, -0.2) is 9.37 Å². The lowest BCUT2D eigenvalue weighted by atomic mass is 10.1. The first kappa shape index (κ1) is 12.4. The second kappa shape index (κ2) is 4.78. The Morgan fingerprint density at radius 2 is 2.32 bits per heavy atom. The zero-order valence-electron chi connectivity index (χ0n) is 10.9. The quantitative estimate of drug-likeness (QED) is 0.901. The van der Waals surface area contributed by atoms with E-state index in [-0.39, 0.29) is 12.4 Å². The van der Waals surface area contributed by atoms with E-state index in [1.54, 1.807) is 6.07 Å². The predicted octanol–water partition coefficient (Wildman–Crippen LogP) is 2.50. The van der Waals surface area contributed by atoms with Crippen LogP contribution >= 0.6 is 0 Å². The number of nitrogens with zero attached hydrogens (tertiary/aromatic N) is 2. The molecule has 2 aromatic rings. The van der Waals surface area contributed by atoms with Gasteiger partial charge >= 0.3 is 0 Å². The minimum absolute atomic E-state index is 0.215. The SMILES string of the molecule is Cc1cc(N2CCC(CO)C2)c2cccc(F)c2n1. The van der Waals surface area contributed by atoms with Gasteiger partial charge in [-0.2, -0.15) is 0 Å². The number of hydrogen-bond donors (Lipinski definition) is 1. The first-order valence-corrected chi connectivity index (χ1v) is 6.60. The third-order valence-corrected chi connectivity index (χ3v) is 3.78. The van der Waals surface area contributed by atoms with Crippen molar-refractivity contribution in [1.29, 1.82) is 0 Å². The van der Waals surface area contributed by atoms with E-state index in [2.05, 4.69) is 9.88 Å². The zero-order valence-corrected chi connectivity index (χ0v) is 10.9. The Labute approximate surface area is 111 Å². The fourth-order valence-electron chi connectivity index (χ4n) is 2.78. The number of aromatic nitrogens is 1. The number of halogens is 1. The van der Waals surface area contributed by atoms with Crippen molar-refractivity contribution < 1.29 is 9.50 Å². The molecule has 0 amide bonds. The van der Waals surface area contributed by atoms with Crippen LogP contribution < -0.4 is 4.90 Å². The summed E-state index contributed by atoms with van der Waals surface area (Å²) >= 11 is 0. The molecular formula is C15H17FN2O. The van der Waals surface area contributed by atoms with E-state index in [9.17, 15) is 9.50 Å². The number of anilines is 1. The molecule has 1 aliphatic rings. The lowest BCUT2D eigenvalue weighted by Gasteiger charge is -2.21. The highest BCUT2D eigenvalue weighted by Gasteiger charge is 2.24. The maximum Gasteiger partial charge on any atom is 0.149 e. The molecule has 0 saturated carbocycles. The molecule has 1 atom stereocenters. The summed E-state index contributed by atoms with van der Waals surface area (Å²) in [7, 11) is 0. The topological polar surface area (TPSA) is 36.4 Å². The fourth-order valence-corrected chi connectivity index (χ4v) is 2.78. The number of rotatable bonds is 2. The Bertz CT molecular complexity index is 614. The van der Waals surface area contributed by atoms with Gasteiger partial charge in [0.15, 0.2) is 0 Å². The average molecular weight is 260 g/mol. The minimum atomic E-state index is -0.277. The van der Waals surface area contributed by atoms with E-state index in [0.717, 1.165) is 36.3 Å². The van der Waals surface area contributed by atoms with Crippen LogP contribution in [0.15, 0.2) is 24.3 Å². The van der Waals surface area contributed by atoms with E-state index < -0.39 is 0 Å².